The second kappa shape index (κ2) is 7.48. The highest BCUT2D eigenvalue weighted by atomic mass is 16.5. The van der Waals surface area contributed by atoms with Crippen LogP contribution in [0.3, 0.4) is 0 Å². The smallest absolute Gasteiger partial charge is 0.274 e. The van der Waals surface area contributed by atoms with Crippen molar-refractivity contribution in [2.75, 3.05) is 23.4 Å². The van der Waals surface area contributed by atoms with E-state index in [-0.39, 0.29) is 18.4 Å². The molecule has 0 spiro atoms. The van der Waals surface area contributed by atoms with E-state index in [4.69, 9.17) is 4.74 Å². The number of hydrogen-bond acceptors (Lipinski definition) is 4. The average Bonchev–Trinajstić information content (AvgIpc) is 3.02. The summed E-state index contributed by atoms with van der Waals surface area (Å²) < 4.78 is 7.76. The molecule has 1 aromatic carbocycles. The molecule has 0 atom stereocenters. The van der Waals surface area contributed by atoms with Gasteiger partial charge in [0.2, 0.25) is 5.91 Å². The fourth-order valence-electron chi connectivity index (χ4n) is 3.75. The molecule has 0 unspecified atom stereocenters. The van der Waals surface area contributed by atoms with E-state index in [1.54, 1.807) is 21.4 Å². The molecule has 4 rings (SSSR count). The van der Waals surface area contributed by atoms with E-state index in [2.05, 4.69) is 10.3 Å². The average molecular weight is 406 g/mol. The molecule has 0 radical (unpaired) electrons. The Bertz CT molecular complexity index is 1130. The zero-order chi connectivity index (χ0) is 21.5. The minimum absolute atomic E-state index is 0.0428. The third kappa shape index (κ3) is 3.40. The first kappa shape index (κ1) is 19.9. The van der Waals surface area contributed by atoms with Crippen LogP contribution in [0.1, 0.15) is 43.4 Å². The summed E-state index contributed by atoms with van der Waals surface area (Å²) in [4.78, 5) is 32.2. The van der Waals surface area contributed by atoms with Crippen molar-refractivity contribution in [2.45, 2.75) is 34.1 Å². The lowest BCUT2D eigenvalue weighted by Gasteiger charge is -2.27. The van der Waals surface area contributed by atoms with Gasteiger partial charge in [-0.3, -0.25) is 14.0 Å². The van der Waals surface area contributed by atoms with Crippen LogP contribution in [0.15, 0.2) is 42.6 Å². The number of fused-ring (bicyclic) bond motifs is 2. The topological polar surface area (TPSA) is 75.9 Å². The Morgan fingerprint density at radius 1 is 1.27 bits per heavy atom. The van der Waals surface area contributed by atoms with Crippen LogP contribution in [0.25, 0.3) is 5.65 Å². The molecule has 0 aliphatic carbocycles. The normalized spacial score (nSPS) is 15.5. The second-order valence-corrected chi connectivity index (χ2v) is 8.24. The number of carbonyl (C=O) groups is 2. The number of ether oxygens (including phenoxy) is 1. The van der Waals surface area contributed by atoms with Gasteiger partial charge in [0.1, 0.15) is 23.7 Å². The number of aromatic nitrogens is 2. The third-order valence-corrected chi connectivity index (χ3v) is 5.29. The molecule has 0 saturated carbocycles. The van der Waals surface area contributed by atoms with Gasteiger partial charge in [-0.2, -0.15) is 0 Å². The molecule has 2 amide bonds. The van der Waals surface area contributed by atoms with Gasteiger partial charge in [0.05, 0.1) is 16.8 Å². The summed E-state index contributed by atoms with van der Waals surface area (Å²) in [7, 11) is 0. The van der Waals surface area contributed by atoms with E-state index in [0.717, 1.165) is 17.8 Å². The zero-order valence-electron chi connectivity index (χ0n) is 17.7. The summed E-state index contributed by atoms with van der Waals surface area (Å²) in [5.74, 6) is 0.387. The van der Waals surface area contributed by atoms with E-state index in [0.29, 0.717) is 29.4 Å². The van der Waals surface area contributed by atoms with Crippen LogP contribution in [0.2, 0.25) is 0 Å². The highest BCUT2D eigenvalue weighted by Gasteiger charge is 2.37. The number of nitrogens with zero attached hydrogens (tertiary/aromatic N) is 3. The van der Waals surface area contributed by atoms with Gasteiger partial charge in [-0.05, 0) is 51.5 Å². The molecule has 0 fully saturated rings. The lowest BCUT2D eigenvalue weighted by Crippen LogP contribution is -2.42. The van der Waals surface area contributed by atoms with Crippen LogP contribution < -0.4 is 15.0 Å². The summed E-state index contributed by atoms with van der Waals surface area (Å²) in [6.45, 7) is 8.53. The Labute approximate surface area is 175 Å². The van der Waals surface area contributed by atoms with Gasteiger partial charge in [-0.15, -0.1) is 0 Å². The molecule has 1 aliphatic heterocycles. The number of hydrogen-bond donors (Lipinski definition) is 1. The van der Waals surface area contributed by atoms with E-state index >= 15 is 0 Å². The summed E-state index contributed by atoms with van der Waals surface area (Å²) in [5.41, 5.74) is 2.59. The number of imidazole rings is 1. The summed E-state index contributed by atoms with van der Waals surface area (Å²) in [5, 5.41) is 2.94. The monoisotopic (exact) mass is 406 g/mol. The van der Waals surface area contributed by atoms with Crippen molar-refractivity contribution in [1.82, 2.24) is 9.38 Å². The molecule has 7 nitrogen and oxygen atoms in total. The molecular formula is C23H26N4O3. The fourth-order valence-corrected chi connectivity index (χ4v) is 3.75. The summed E-state index contributed by atoms with van der Waals surface area (Å²) in [6, 6.07) is 11.0. The van der Waals surface area contributed by atoms with Crippen LogP contribution in [0.5, 0.6) is 5.75 Å². The maximum atomic E-state index is 13.0. The number of aryl methyl sites for hydroxylation is 1. The fraction of sp³-hybridized carbons (Fsp3) is 0.348. The lowest BCUT2D eigenvalue weighted by molar-refractivity contribution is -0.127. The van der Waals surface area contributed by atoms with E-state index in [9.17, 15) is 9.59 Å². The summed E-state index contributed by atoms with van der Waals surface area (Å²) >= 11 is 0. The van der Waals surface area contributed by atoms with Crippen molar-refractivity contribution in [3.05, 3.63) is 54.0 Å². The molecule has 7 heteroatoms. The lowest BCUT2D eigenvalue weighted by atomic mass is 9.93. The molecule has 0 bridgehead atoms. The van der Waals surface area contributed by atoms with Crippen LogP contribution in [-0.4, -0.2) is 34.4 Å². The van der Waals surface area contributed by atoms with E-state index in [1.807, 2.05) is 58.2 Å². The SMILES string of the molecule is CCCN1C(=O)C(C)(C)COc2cc(NC(=O)c3c(C)nc4ccccn34)ccc21. The van der Waals surface area contributed by atoms with Crippen molar-refractivity contribution >= 4 is 28.8 Å². The minimum atomic E-state index is -0.620. The maximum Gasteiger partial charge on any atom is 0.274 e. The molecule has 3 aromatic rings. The Kier molecular flexibility index (Phi) is 4.97. The first-order valence-corrected chi connectivity index (χ1v) is 10.2. The standard InChI is InChI=1S/C23H26N4O3/c1-5-11-26-17-10-9-16(13-18(17)30-14-23(3,4)22(26)29)25-21(28)20-15(2)24-19-8-6-7-12-27(19)20/h6-10,12-13H,5,11,14H2,1-4H3,(H,25,28). The minimum Gasteiger partial charge on any atom is -0.490 e. The van der Waals surface area contributed by atoms with Gasteiger partial charge in [0, 0.05) is 24.5 Å². The highest BCUT2D eigenvalue weighted by Crippen LogP contribution is 2.38. The molecule has 156 valence electrons. The molecule has 2 aromatic heterocycles. The van der Waals surface area contributed by atoms with Crippen molar-refractivity contribution in [3.63, 3.8) is 0 Å². The van der Waals surface area contributed by atoms with Crippen molar-refractivity contribution in [3.8, 4) is 5.75 Å². The van der Waals surface area contributed by atoms with Crippen LogP contribution in [0, 0.1) is 12.3 Å². The Morgan fingerprint density at radius 2 is 2.07 bits per heavy atom. The Balaban J connectivity index is 1.66. The number of anilines is 2. The van der Waals surface area contributed by atoms with Gasteiger partial charge < -0.3 is 15.0 Å². The molecule has 30 heavy (non-hydrogen) atoms. The first-order chi connectivity index (χ1) is 14.3. The van der Waals surface area contributed by atoms with Gasteiger partial charge in [-0.1, -0.05) is 13.0 Å². The zero-order valence-corrected chi connectivity index (χ0v) is 17.7. The van der Waals surface area contributed by atoms with Crippen molar-refractivity contribution in [1.29, 1.82) is 0 Å². The molecular weight excluding hydrogens is 380 g/mol. The predicted octanol–water partition coefficient (Wildman–Crippen LogP) is 4.06. The van der Waals surface area contributed by atoms with Gasteiger partial charge in [0.15, 0.2) is 0 Å². The van der Waals surface area contributed by atoms with Crippen molar-refractivity contribution in [2.24, 2.45) is 5.41 Å². The Hall–Kier alpha value is -3.35. The quantitative estimate of drug-likeness (QED) is 0.709. The molecule has 1 N–H and O–H groups in total. The molecule has 0 saturated heterocycles. The highest BCUT2D eigenvalue weighted by molar-refractivity contribution is 6.05. The second-order valence-electron chi connectivity index (χ2n) is 8.24. The molecule has 3 heterocycles. The van der Waals surface area contributed by atoms with Crippen LogP contribution in [-0.2, 0) is 4.79 Å². The third-order valence-electron chi connectivity index (χ3n) is 5.29. The first-order valence-electron chi connectivity index (χ1n) is 10.2. The maximum absolute atomic E-state index is 13.0. The predicted molar refractivity (Wildman–Crippen MR) is 116 cm³/mol. The molecule has 1 aliphatic rings. The van der Waals surface area contributed by atoms with E-state index < -0.39 is 5.41 Å². The number of pyridine rings is 1. The Morgan fingerprint density at radius 3 is 2.83 bits per heavy atom. The summed E-state index contributed by atoms with van der Waals surface area (Å²) in [6.07, 6.45) is 2.66. The van der Waals surface area contributed by atoms with Crippen LogP contribution in [0.4, 0.5) is 11.4 Å². The number of nitrogens with one attached hydrogen (secondary N) is 1. The van der Waals surface area contributed by atoms with Gasteiger partial charge in [0.25, 0.3) is 5.91 Å². The van der Waals surface area contributed by atoms with Gasteiger partial charge >= 0.3 is 0 Å². The largest absolute Gasteiger partial charge is 0.490 e. The number of rotatable bonds is 4. The van der Waals surface area contributed by atoms with Crippen LogP contribution >= 0.6 is 0 Å². The number of carbonyl (C=O) groups excluding carboxylic acids is 2. The van der Waals surface area contributed by atoms with Gasteiger partial charge in [-0.25, -0.2) is 4.98 Å². The number of amides is 2. The van der Waals surface area contributed by atoms with Crippen molar-refractivity contribution < 1.29 is 14.3 Å². The number of benzene rings is 1. The van der Waals surface area contributed by atoms with E-state index in [1.165, 1.54) is 0 Å².